The summed E-state index contributed by atoms with van der Waals surface area (Å²) in [7, 11) is 0. The van der Waals surface area contributed by atoms with E-state index in [0.717, 1.165) is 62.9 Å². The third kappa shape index (κ3) is 4.58. The quantitative estimate of drug-likeness (QED) is 0.579. The molecule has 3 atom stereocenters. The molecule has 37 heavy (non-hydrogen) atoms. The molecule has 4 fully saturated rings. The fraction of sp³-hybridized carbons (Fsp3) is 0.714. The number of rotatable bonds is 3. The number of benzene rings is 1. The lowest BCUT2D eigenvalue weighted by molar-refractivity contribution is 0.0174. The molecule has 1 aromatic rings. The Morgan fingerprint density at radius 2 is 1.81 bits per heavy atom. The van der Waals surface area contributed by atoms with Crippen LogP contribution in [0.15, 0.2) is 18.2 Å². The van der Waals surface area contributed by atoms with E-state index in [1.165, 1.54) is 6.07 Å². The standard InChI is InChI=1S/C28H38FN3O5.H2/c1-18(2)36-27(34)32-20-4-5-21(32)15-22(14-20)30-10-8-28(9-11-30)17-31(25-6-3-19(29)13-24(25)28)26(33)37-23-7-12-35-16-23;/h3,6,13,18,20-23H,4-5,7-12,14-17H2,1-2H3;1H/t20?,21?,22?,23-;/m0./s1. The third-order valence-corrected chi connectivity index (χ3v) is 9.18. The van der Waals surface area contributed by atoms with Crippen molar-refractivity contribution in [1.82, 2.24) is 9.80 Å². The van der Waals surface area contributed by atoms with E-state index in [9.17, 15) is 14.0 Å². The monoisotopic (exact) mass is 517 g/mol. The Kier molecular flexibility index (Phi) is 6.55. The molecule has 204 valence electrons. The van der Waals surface area contributed by atoms with Crippen molar-refractivity contribution in [3.8, 4) is 0 Å². The number of hydrogen-bond donors (Lipinski definition) is 0. The highest BCUT2D eigenvalue weighted by Crippen LogP contribution is 2.49. The minimum atomic E-state index is -0.361. The zero-order valence-electron chi connectivity index (χ0n) is 21.9. The van der Waals surface area contributed by atoms with Gasteiger partial charge < -0.3 is 24.0 Å². The van der Waals surface area contributed by atoms with E-state index in [-0.39, 0.29) is 49.1 Å². The summed E-state index contributed by atoms with van der Waals surface area (Å²) < 4.78 is 31.0. The maximum absolute atomic E-state index is 14.4. The van der Waals surface area contributed by atoms with Gasteiger partial charge in [0.05, 0.1) is 25.0 Å². The Labute approximate surface area is 219 Å². The lowest BCUT2D eigenvalue weighted by atomic mass is 9.73. The average Bonchev–Trinajstić information content (AvgIpc) is 3.55. The minimum absolute atomic E-state index is 0. The number of amides is 2. The van der Waals surface area contributed by atoms with Crippen LogP contribution in [0.2, 0.25) is 0 Å². The van der Waals surface area contributed by atoms with Gasteiger partial charge in [0.2, 0.25) is 0 Å². The van der Waals surface area contributed by atoms with Gasteiger partial charge in [-0.3, -0.25) is 4.90 Å². The highest BCUT2D eigenvalue weighted by Gasteiger charge is 2.50. The van der Waals surface area contributed by atoms with Gasteiger partial charge in [0.25, 0.3) is 0 Å². The molecule has 5 aliphatic heterocycles. The molecular formula is C28H40FN3O5. The predicted octanol–water partition coefficient (Wildman–Crippen LogP) is 4.69. The molecular weight excluding hydrogens is 477 g/mol. The molecule has 5 heterocycles. The van der Waals surface area contributed by atoms with Crippen LogP contribution in [-0.4, -0.2) is 85.2 Å². The van der Waals surface area contributed by atoms with Gasteiger partial charge in [0, 0.05) is 37.9 Å². The van der Waals surface area contributed by atoms with Gasteiger partial charge in [-0.1, -0.05) is 0 Å². The number of likely N-dealkylation sites (tertiary alicyclic amines) is 1. The molecule has 0 radical (unpaired) electrons. The summed E-state index contributed by atoms with van der Waals surface area (Å²) >= 11 is 0. The van der Waals surface area contributed by atoms with Gasteiger partial charge in [0.1, 0.15) is 11.9 Å². The Hall–Kier alpha value is -2.39. The molecule has 2 unspecified atom stereocenters. The van der Waals surface area contributed by atoms with Crippen LogP contribution in [0.3, 0.4) is 0 Å². The molecule has 1 spiro atoms. The molecule has 2 amide bonds. The van der Waals surface area contributed by atoms with Crippen LogP contribution in [0.1, 0.15) is 65.8 Å². The number of nitrogens with zero attached hydrogens (tertiary/aromatic N) is 3. The Balaban J connectivity index is 0.00000294. The van der Waals surface area contributed by atoms with Gasteiger partial charge >= 0.3 is 12.2 Å². The van der Waals surface area contributed by atoms with Crippen molar-refractivity contribution < 1.29 is 29.6 Å². The summed E-state index contributed by atoms with van der Waals surface area (Å²) in [6, 6.07) is 5.71. The van der Waals surface area contributed by atoms with E-state index in [2.05, 4.69) is 4.90 Å². The maximum atomic E-state index is 14.4. The average molecular weight is 518 g/mol. The SMILES string of the molecule is CC(C)OC(=O)N1C2CCC1CC(N1CCC3(CC1)CN(C(=O)O[C@H]1CCOC1)c1ccc(F)cc13)C2.[HH]. The number of ether oxygens (including phenoxy) is 3. The summed E-state index contributed by atoms with van der Waals surface area (Å²) in [5.41, 5.74) is 1.44. The molecule has 0 N–H and O–H groups in total. The Morgan fingerprint density at radius 1 is 1.08 bits per heavy atom. The number of hydrogen-bond acceptors (Lipinski definition) is 6. The number of carbonyl (C=O) groups excluding carboxylic acids is 2. The van der Waals surface area contributed by atoms with Crippen molar-refractivity contribution in [2.24, 2.45) is 0 Å². The Morgan fingerprint density at radius 3 is 2.46 bits per heavy atom. The second-order valence-corrected chi connectivity index (χ2v) is 11.8. The number of anilines is 1. The van der Waals surface area contributed by atoms with Gasteiger partial charge in [-0.2, -0.15) is 0 Å². The van der Waals surface area contributed by atoms with Crippen LogP contribution >= 0.6 is 0 Å². The van der Waals surface area contributed by atoms with Crippen LogP contribution in [0.5, 0.6) is 0 Å². The lowest BCUT2D eigenvalue weighted by Gasteiger charge is -2.47. The van der Waals surface area contributed by atoms with E-state index in [4.69, 9.17) is 14.2 Å². The number of piperidine rings is 2. The first-order chi connectivity index (χ1) is 17.8. The van der Waals surface area contributed by atoms with Crippen molar-refractivity contribution in [2.45, 2.75) is 94.5 Å². The van der Waals surface area contributed by atoms with Crippen molar-refractivity contribution in [1.29, 1.82) is 0 Å². The van der Waals surface area contributed by atoms with E-state index in [1.54, 1.807) is 17.0 Å². The molecule has 0 aliphatic carbocycles. The summed E-state index contributed by atoms with van der Waals surface area (Å²) in [5.74, 6) is -0.266. The largest absolute Gasteiger partial charge is 0.447 e. The van der Waals surface area contributed by atoms with E-state index >= 15 is 0 Å². The maximum Gasteiger partial charge on any atom is 0.414 e. The topological polar surface area (TPSA) is 71.6 Å². The molecule has 2 bridgehead atoms. The van der Waals surface area contributed by atoms with Crippen molar-refractivity contribution >= 4 is 17.9 Å². The summed E-state index contributed by atoms with van der Waals surface area (Å²) in [4.78, 5) is 32.1. The van der Waals surface area contributed by atoms with Crippen molar-refractivity contribution in [3.63, 3.8) is 0 Å². The first-order valence-corrected chi connectivity index (χ1v) is 13.9. The molecule has 5 aliphatic rings. The minimum Gasteiger partial charge on any atom is -0.447 e. The van der Waals surface area contributed by atoms with Gasteiger partial charge in [-0.15, -0.1) is 0 Å². The van der Waals surface area contributed by atoms with Crippen LogP contribution < -0.4 is 4.90 Å². The predicted molar refractivity (Wildman–Crippen MR) is 137 cm³/mol. The smallest absolute Gasteiger partial charge is 0.414 e. The first kappa shape index (κ1) is 24.9. The van der Waals surface area contributed by atoms with Crippen molar-refractivity contribution in [3.05, 3.63) is 29.6 Å². The van der Waals surface area contributed by atoms with E-state index < -0.39 is 0 Å². The number of halogens is 1. The van der Waals surface area contributed by atoms with Gasteiger partial charge in [0.15, 0.2) is 0 Å². The van der Waals surface area contributed by atoms with E-state index in [0.29, 0.717) is 32.2 Å². The first-order valence-electron chi connectivity index (χ1n) is 13.9. The zero-order chi connectivity index (χ0) is 25.7. The molecule has 8 nitrogen and oxygen atoms in total. The van der Waals surface area contributed by atoms with Crippen molar-refractivity contribution in [2.75, 3.05) is 37.7 Å². The summed E-state index contributed by atoms with van der Waals surface area (Å²) in [5, 5.41) is 0. The lowest BCUT2D eigenvalue weighted by Crippen LogP contribution is -2.55. The molecule has 6 rings (SSSR count). The fourth-order valence-corrected chi connectivity index (χ4v) is 7.37. The molecule has 4 saturated heterocycles. The van der Waals surface area contributed by atoms with Crippen LogP contribution in [0.25, 0.3) is 0 Å². The van der Waals surface area contributed by atoms with Gasteiger partial charge in [-0.05, 0) is 89.2 Å². The molecule has 0 aromatic heterocycles. The Bertz CT molecular complexity index is 1030. The normalized spacial score (nSPS) is 30.7. The number of carbonyl (C=O) groups is 2. The summed E-state index contributed by atoms with van der Waals surface area (Å²) in [6.45, 7) is 7.16. The molecule has 1 aromatic carbocycles. The van der Waals surface area contributed by atoms with Crippen LogP contribution in [0, 0.1) is 5.82 Å². The highest BCUT2D eigenvalue weighted by atomic mass is 19.1. The second-order valence-electron chi connectivity index (χ2n) is 11.8. The number of fused-ring (bicyclic) bond motifs is 4. The molecule has 9 heteroatoms. The van der Waals surface area contributed by atoms with Gasteiger partial charge in [-0.25, -0.2) is 14.0 Å². The van der Waals surface area contributed by atoms with E-state index in [1.807, 2.05) is 18.7 Å². The zero-order valence-corrected chi connectivity index (χ0v) is 21.9. The third-order valence-electron chi connectivity index (χ3n) is 9.18. The highest BCUT2D eigenvalue weighted by molar-refractivity contribution is 5.91. The van der Waals surface area contributed by atoms with Crippen LogP contribution in [0.4, 0.5) is 19.7 Å². The fourth-order valence-electron chi connectivity index (χ4n) is 7.37. The molecule has 0 saturated carbocycles. The summed E-state index contributed by atoms with van der Waals surface area (Å²) in [6.07, 6.45) is 5.64. The second kappa shape index (κ2) is 9.73. The van der Waals surface area contributed by atoms with Crippen LogP contribution in [-0.2, 0) is 19.6 Å².